The van der Waals surface area contributed by atoms with Crippen molar-refractivity contribution in [3.05, 3.63) is 32.6 Å². The minimum atomic E-state index is -0.113. The average molecular weight is 250 g/mol. The highest BCUT2D eigenvalue weighted by molar-refractivity contribution is 14.1. The Hall–Kier alpha value is -0.120. The molecule has 2 heteroatoms. The van der Waals surface area contributed by atoms with Crippen LogP contribution in [0, 0.1) is 23.2 Å². The molecule has 0 nitrogen and oxygen atoms in total. The molecule has 0 saturated carbocycles. The van der Waals surface area contributed by atoms with Gasteiger partial charge in [0.05, 0.1) is 3.57 Å². The molecule has 0 amide bonds. The van der Waals surface area contributed by atoms with Gasteiger partial charge in [-0.25, -0.2) is 4.39 Å². The number of rotatable bonds is 0. The highest BCUT2D eigenvalue weighted by Gasteiger charge is 2.01. The molecule has 0 spiro atoms. The van der Waals surface area contributed by atoms with Crippen LogP contribution in [0.1, 0.15) is 11.1 Å². The summed E-state index contributed by atoms with van der Waals surface area (Å²) in [6.07, 6.45) is 0. The number of benzene rings is 1. The highest BCUT2D eigenvalue weighted by atomic mass is 127. The second-order valence-electron chi connectivity index (χ2n) is 2.38. The van der Waals surface area contributed by atoms with E-state index in [2.05, 4.69) is 0 Å². The van der Waals surface area contributed by atoms with Crippen LogP contribution in [0.15, 0.2) is 12.1 Å². The van der Waals surface area contributed by atoms with Gasteiger partial charge in [-0.05, 0) is 53.6 Å². The molecule has 0 N–H and O–H groups in total. The van der Waals surface area contributed by atoms with Crippen molar-refractivity contribution in [2.75, 3.05) is 0 Å². The van der Waals surface area contributed by atoms with E-state index in [1.165, 1.54) is 0 Å². The zero-order chi connectivity index (χ0) is 7.72. The lowest BCUT2D eigenvalue weighted by atomic mass is 10.2. The SMILES string of the molecule is Cc1cc(C)c(I)c(F)c1. The van der Waals surface area contributed by atoms with Crippen molar-refractivity contribution in [2.45, 2.75) is 13.8 Å². The summed E-state index contributed by atoms with van der Waals surface area (Å²) in [4.78, 5) is 0. The van der Waals surface area contributed by atoms with Crippen LogP contribution in [0.3, 0.4) is 0 Å². The lowest BCUT2D eigenvalue weighted by molar-refractivity contribution is 0.617. The lowest BCUT2D eigenvalue weighted by Gasteiger charge is -2.00. The van der Waals surface area contributed by atoms with Crippen molar-refractivity contribution < 1.29 is 4.39 Å². The summed E-state index contributed by atoms with van der Waals surface area (Å²) in [6.45, 7) is 3.81. The lowest BCUT2D eigenvalue weighted by Crippen LogP contribution is -1.87. The molecule has 0 saturated heterocycles. The van der Waals surface area contributed by atoms with Crippen LogP contribution >= 0.6 is 22.6 Å². The molecule has 0 fully saturated rings. The quantitative estimate of drug-likeness (QED) is 0.621. The molecule has 1 aromatic rings. The number of hydrogen-bond donors (Lipinski definition) is 0. The Morgan fingerprint density at radius 2 is 1.90 bits per heavy atom. The van der Waals surface area contributed by atoms with Crippen molar-refractivity contribution in [1.29, 1.82) is 0 Å². The van der Waals surface area contributed by atoms with Gasteiger partial charge >= 0.3 is 0 Å². The zero-order valence-corrected chi connectivity index (χ0v) is 8.07. The predicted octanol–water partition coefficient (Wildman–Crippen LogP) is 3.05. The van der Waals surface area contributed by atoms with Gasteiger partial charge in [0, 0.05) is 0 Å². The van der Waals surface area contributed by atoms with Gasteiger partial charge in [0.15, 0.2) is 0 Å². The Morgan fingerprint density at radius 3 is 2.40 bits per heavy atom. The molecule has 0 aromatic heterocycles. The molecule has 1 aromatic carbocycles. The number of halogens is 2. The van der Waals surface area contributed by atoms with E-state index in [-0.39, 0.29) is 5.82 Å². The molecule has 10 heavy (non-hydrogen) atoms. The van der Waals surface area contributed by atoms with Crippen LogP contribution in [-0.4, -0.2) is 0 Å². The summed E-state index contributed by atoms with van der Waals surface area (Å²) in [5.41, 5.74) is 1.99. The van der Waals surface area contributed by atoms with Crippen LogP contribution in [0.2, 0.25) is 0 Å². The molecule has 0 atom stereocenters. The monoisotopic (exact) mass is 250 g/mol. The van der Waals surface area contributed by atoms with Gasteiger partial charge in [-0.15, -0.1) is 0 Å². The molecular formula is C8H8FI. The van der Waals surface area contributed by atoms with Crippen LogP contribution in [-0.2, 0) is 0 Å². The van der Waals surface area contributed by atoms with E-state index in [0.717, 1.165) is 14.7 Å². The third-order valence-corrected chi connectivity index (χ3v) is 2.72. The van der Waals surface area contributed by atoms with Gasteiger partial charge in [-0.2, -0.15) is 0 Å². The molecule has 0 heterocycles. The minimum Gasteiger partial charge on any atom is -0.206 e. The summed E-state index contributed by atoms with van der Waals surface area (Å²) in [5, 5.41) is 0. The Morgan fingerprint density at radius 1 is 1.30 bits per heavy atom. The molecular weight excluding hydrogens is 242 g/mol. The number of aryl methyl sites for hydroxylation is 2. The Kier molecular flexibility index (Phi) is 2.28. The van der Waals surface area contributed by atoms with Gasteiger partial charge < -0.3 is 0 Å². The number of hydrogen-bond acceptors (Lipinski definition) is 0. The second kappa shape index (κ2) is 2.86. The van der Waals surface area contributed by atoms with E-state index in [0.29, 0.717) is 0 Å². The summed E-state index contributed by atoms with van der Waals surface area (Å²) >= 11 is 2.01. The third kappa shape index (κ3) is 1.48. The van der Waals surface area contributed by atoms with E-state index in [4.69, 9.17) is 0 Å². The van der Waals surface area contributed by atoms with Crippen molar-refractivity contribution in [1.82, 2.24) is 0 Å². The summed E-state index contributed by atoms with van der Waals surface area (Å²) in [5.74, 6) is -0.113. The van der Waals surface area contributed by atoms with E-state index >= 15 is 0 Å². The zero-order valence-electron chi connectivity index (χ0n) is 5.91. The molecule has 0 bridgehead atoms. The molecule has 0 aliphatic rings. The first kappa shape index (κ1) is 7.98. The van der Waals surface area contributed by atoms with Gasteiger partial charge in [-0.3, -0.25) is 0 Å². The molecule has 0 unspecified atom stereocenters. The summed E-state index contributed by atoms with van der Waals surface area (Å²) in [6, 6.07) is 3.53. The first-order chi connectivity index (χ1) is 4.61. The maximum atomic E-state index is 12.8. The van der Waals surface area contributed by atoms with Crippen LogP contribution in [0.5, 0.6) is 0 Å². The summed E-state index contributed by atoms with van der Waals surface area (Å²) < 4.78 is 13.6. The van der Waals surface area contributed by atoms with E-state index in [1.54, 1.807) is 6.07 Å². The first-order valence-electron chi connectivity index (χ1n) is 3.03. The Labute approximate surface area is 73.6 Å². The topological polar surface area (TPSA) is 0 Å². The molecule has 0 aliphatic carbocycles. The third-order valence-electron chi connectivity index (χ3n) is 1.35. The molecule has 0 aliphatic heterocycles. The summed E-state index contributed by atoms with van der Waals surface area (Å²) in [7, 11) is 0. The van der Waals surface area contributed by atoms with Crippen LogP contribution in [0.4, 0.5) is 4.39 Å². The van der Waals surface area contributed by atoms with Gasteiger partial charge in [0.2, 0.25) is 0 Å². The smallest absolute Gasteiger partial charge is 0.137 e. The van der Waals surface area contributed by atoms with Crippen molar-refractivity contribution >= 4 is 22.6 Å². The fraction of sp³-hybridized carbons (Fsp3) is 0.250. The van der Waals surface area contributed by atoms with Crippen LogP contribution in [0.25, 0.3) is 0 Å². The Bertz CT molecular complexity index is 232. The maximum Gasteiger partial charge on any atom is 0.137 e. The van der Waals surface area contributed by atoms with Gasteiger partial charge in [0.25, 0.3) is 0 Å². The largest absolute Gasteiger partial charge is 0.206 e. The van der Waals surface area contributed by atoms with Crippen molar-refractivity contribution in [3.8, 4) is 0 Å². The molecule has 54 valence electrons. The average Bonchev–Trinajstić information content (AvgIpc) is 1.82. The Balaban J connectivity index is 3.31. The molecule has 1 rings (SSSR count). The fourth-order valence-corrected chi connectivity index (χ4v) is 1.21. The molecule has 0 radical (unpaired) electrons. The minimum absolute atomic E-state index is 0.113. The van der Waals surface area contributed by atoms with Crippen LogP contribution < -0.4 is 0 Å². The van der Waals surface area contributed by atoms with E-state index < -0.39 is 0 Å². The second-order valence-corrected chi connectivity index (χ2v) is 3.46. The maximum absolute atomic E-state index is 12.8. The fourth-order valence-electron chi connectivity index (χ4n) is 0.898. The van der Waals surface area contributed by atoms with E-state index in [9.17, 15) is 4.39 Å². The highest BCUT2D eigenvalue weighted by Crippen LogP contribution is 2.16. The van der Waals surface area contributed by atoms with Gasteiger partial charge in [-0.1, -0.05) is 6.07 Å². The standard InChI is InChI=1S/C8H8FI/c1-5-3-6(2)8(10)7(9)4-5/h3-4H,1-2H3. The van der Waals surface area contributed by atoms with Crippen molar-refractivity contribution in [3.63, 3.8) is 0 Å². The predicted molar refractivity (Wildman–Crippen MR) is 48.6 cm³/mol. The normalized spacial score (nSPS) is 10.0. The van der Waals surface area contributed by atoms with Crippen molar-refractivity contribution in [2.24, 2.45) is 0 Å². The van der Waals surface area contributed by atoms with E-state index in [1.807, 2.05) is 42.5 Å². The van der Waals surface area contributed by atoms with Gasteiger partial charge in [0.1, 0.15) is 5.82 Å². The first-order valence-corrected chi connectivity index (χ1v) is 4.11.